The van der Waals surface area contributed by atoms with Gasteiger partial charge in [-0.3, -0.25) is 4.79 Å². The van der Waals surface area contributed by atoms with E-state index in [1.165, 1.54) is 7.11 Å². The molecule has 1 aliphatic rings. The van der Waals surface area contributed by atoms with Crippen molar-refractivity contribution in [2.75, 3.05) is 13.7 Å². The second kappa shape index (κ2) is 6.39. The first-order chi connectivity index (χ1) is 8.04. The Kier molecular flexibility index (Phi) is 5.15. The average molecular weight is 241 g/mol. The van der Waals surface area contributed by atoms with Gasteiger partial charge >= 0.3 is 5.97 Å². The summed E-state index contributed by atoms with van der Waals surface area (Å²) in [4.78, 5) is 23.3. The van der Waals surface area contributed by atoms with Crippen molar-refractivity contribution in [3.05, 3.63) is 12.2 Å². The largest absolute Gasteiger partial charge is 0.467 e. The molecule has 1 amide bonds. The van der Waals surface area contributed by atoms with Crippen LogP contribution < -0.4 is 5.32 Å². The molecule has 0 aromatic heterocycles. The fourth-order valence-corrected chi connectivity index (χ4v) is 1.73. The van der Waals surface area contributed by atoms with Crippen LogP contribution in [0.15, 0.2) is 12.2 Å². The number of rotatable bonds is 5. The molecule has 1 N–H and O–H groups in total. The lowest BCUT2D eigenvalue weighted by molar-refractivity contribution is -0.146. The molecule has 5 nitrogen and oxygen atoms in total. The standard InChI is InChI=1S/C12H19NO4/c1-8(2)7-9(12(15)16-3)13-11(14)10-5-4-6-17-10/h9-10H,1,4-7H2,2-3H3,(H,13,14)/t9-,10+/m1/s1. The highest BCUT2D eigenvalue weighted by Gasteiger charge is 2.28. The maximum absolute atomic E-state index is 11.8. The Labute approximate surface area is 101 Å². The predicted molar refractivity (Wildman–Crippen MR) is 62.4 cm³/mol. The van der Waals surface area contributed by atoms with E-state index >= 15 is 0 Å². The third-order valence-corrected chi connectivity index (χ3v) is 2.58. The highest BCUT2D eigenvalue weighted by molar-refractivity contribution is 5.87. The van der Waals surface area contributed by atoms with E-state index in [0.717, 1.165) is 12.0 Å². The minimum absolute atomic E-state index is 0.251. The van der Waals surface area contributed by atoms with E-state index < -0.39 is 18.1 Å². The quantitative estimate of drug-likeness (QED) is 0.571. The molecule has 0 aliphatic carbocycles. The lowest BCUT2D eigenvalue weighted by Gasteiger charge is -2.18. The number of carbonyl (C=O) groups excluding carboxylic acids is 2. The predicted octanol–water partition coefficient (Wildman–Crippen LogP) is 0.789. The smallest absolute Gasteiger partial charge is 0.328 e. The van der Waals surface area contributed by atoms with Crippen molar-refractivity contribution < 1.29 is 19.1 Å². The van der Waals surface area contributed by atoms with E-state index in [0.29, 0.717) is 19.4 Å². The first-order valence-corrected chi connectivity index (χ1v) is 5.68. The van der Waals surface area contributed by atoms with Crippen molar-refractivity contribution in [1.29, 1.82) is 0 Å². The van der Waals surface area contributed by atoms with Crippen LogP contribution in [0.5, 0.6) is 0 Å². The van der Waals surface area contributed by atoms with Crippen molar-refractivity contribution in [2.45, 2.75) is 38.3 Å². The Bertz CT molecular complexity index is 308. The SMILES string of the molecule is C=C(C)C[C@@H](NC(=O)[C@@H]1CCCO1)C(=O)OC. The van der Waals surface area contributed by atoms with E-state index in [-0.39, 0.29) is 5.91 Å². The van der Waals surface area contributed by atoms with Gasteiger partial charge in [-0.2, -0.15) is 0 Å². The summed E-state index contributed by atoms with van der Waals surface area (Å²) >= 11 is 0. The van der Waals surface area contributed by atoms with Gasteiger partial charge in [0.1, 0.15) is 12.1 Å². The number of amides is 1. The average Bonchev–Trinajstić information content (AvgIpc) is 2.79. The lowest BCUT2D eigenvalue weighted by Crippen LogP contribution is -2.45. The summed E-state index contributed by atoms with van der Waals surface area (Å²) in [6, 6.07) is -0.672. The van der Waals surface area contributed by atoms with Crippen molar-refractivity contribution in [2.24, 2.45) is 0 Å². The Morgan fingerprint density at radius 1 is 1.59 bits per heavy atom. The first kappa shape index (κ1) is 13.7. The maximum atomic E-state index is 11.8. The Morgan fingerprint density at radius 2 is 2.29 bits per heavy atom. The van der Waals surface area contributed by atoms with Crippen LogP contribution in [-0.4, -0.2) is 37.7 Å². The molecule has 1 rings (SSSR count). The van der Waals surface area contributed by atoms with E-state index in [9.17, 15) is 9.59 Å². The van der Waals surface area contributed by atoms with Crippen molar-refractivity contribution in [3.8, 4) is 0 Å². The molecule has 0 unspecified atom stereocenters. The van der Waals surface area contributed by atoms with Gasteiger partial charge in [-0.25, -0.2) is 4.79 Å². The number of carbonyl (C=O) groups is 2. The van der Waals surface area contributed by atoms with Gasteiger partial charge in [-0.15, -0.1) is 6.58 Å². The zero-order valence-electron chi connectivity index (χ0n) is 10.3. The van der Waals surface area contributed by atoms with Gasteiger partial charge < -0.3 is 14.8 Å². The Balaban J connectivity index is 2.55. The molecule has 1 saturated heterocycles. The Hall–Kier alpha value is -1.36. The molecular formula is C12H19NO4. The third-order valence-electron chi connectivity index (χ3n) is 2.58. The molecule has 1 aliphatic heterocycles. The van der Waals surface area contributed by atoms with Crippen molar-refractivity contribution >= 4 is 11.9 Å². The zero-order valence-corrected chi connectivity index (χ0v) is 10.3. The molecule has 2 atom stereocenters. The maximum Gasteiger partial charge on any atom is 0.328 e. The van der Waals surface area contributed by atoms with Gasteiger partial charge in [0.2, 0.25) is 5.91 Å². The topological polar surface area (TPSA) is 64.6 Å². The monoisotopic (exact) mass is 241 g/mol. The highest BCUT2D eigenvalue weighted by Crippen LogP contribution is 2.13. The van der Waals surface area contributed by atoms with Gasteiger partial charge in [-0.05, 0) is 26.2 Å². The molecule has 96 valence electrons. The van der Waals surface area contributed by atoms with Crippen LogP contribution in [0.1, 0.15) is 26.2 Å². The normalized spacial score (nSPS) is 20.7. The second-order valence-corrected chi connectivity index (χ2v) is 4.25. The molecule has 0 aromatic carbocycles. The summed E-state index contributed by atoms with van der Waals surface area (Å²) in [5.74, 6) is -0.710. The number of hydrogen-bond donors (Lipinski definition) is 1. The molecular weight excluding hydrogens is 222 g/mol. The summed E-state index contributed by atoms with van der Waals surface area (Å²) in [6.45, 7) is 6.12. The van der Waals surface area contributed by atoms with Gasteiger partial charge in [0, 0.05) is 6.61 Å². The van der Waals surface area contributed by atoms with Crippen LogP contribution in [0.4, 0.5) is 0 Å². The molecule has 0 radical (unpaired) electrons. The Morgan fingerprint density at radius 3 is 2.76 bits per heavy atom. The molecule has 0 spiro atoms. The molecule has 0 saturated carbocycles. The number of nitrogens with one attached hydrogen (secondary N) is 1. The molecule has 0 bridgehead atoms. The zero-order chi connectivity index (χ0) is 12.8. The lowest BCUT2D eigenvalue weighted by atomic mass is 10.1. The summed E-state index contributed by atoms with van der Waals surface area (Å²) in [5.41, 5.74) is 0.813. The van der Waals surface area contributed by atoms with Gasteiger partial charge in [0.25, 0.3) is 0 Å². The van der Waals surface area contributed by atoms with E-state index in [2.05, 4.69) is 16.6 Å². The van der Waals surface area contributed by atoms with Gasteiger partial charge in [0.15, 0.2) is 0 Å². The summed E-state index contributed by atoms with van der Waals surface area (Å²) in [5, 5.41) is 2.64. The van der Waals surface area contributed by atoms with Gasteiger partial charge in [0.05, 0.1) is 7.11 Å². The third kappa shape index (κ3) is 4.19. The number of ether oxygens (including phenoxy) is 2. The fourth-order valence-electron chi connectivity index (χ4n) is 1.73. The van der Waals surface area contributed by atoms with Crippen LogP contribution in [0, 0.1) is 0 Å². The summed E-state index contributed by atoms with van der Waals surface area (Å²) in [6.07, 6.45) is 1.52. The van der Waals surface area contributed by atoms with E-state index in [1.54, 1.807) is 6.92 Å². The van der Waals surface area contributed by atoms with Crippen LogP contribution in [0.3, 0.4) is 0 Å². The second-order valence-electron chi connectivity index (χ2n) is 4.25. The first-order valence-electron chi connectivity index (χ1n) is 5.68. The van der Waals surface area contributed by atoms with Crippen LogP contribution in [0.2, 0.25) is 0 Å². The minimum Gasteiger partial charge on any atom is -0.467 e. The number of esters is 1. The van der Waals surface area contributed by atoms with Crippen molar-refractivity contribution in [3.63, 3.8) is 0 Å². The van der Waals surface area contributed by atoms with Crippen LogP contribution in [-0.2, 0) is 19.1 Å². The number of methoxy groups -OCH3 is 1. The van der Waals surface area contributed by atoms with Crippen LogP contribution in [0.25, 0.3) is 0 Å². The molecule has 17 heavy (non-hydrogen) atoms. The molecule has 1 fully saturated rings. The van der Waals surface area contributed by atoms with Gasteiger partial charge in [-0.1, -0.05) is 5.57 Å². The van der Waals surface area contributed by atoms with Crippen LogP contribution >= 0.6 is 0 Å². The summed E-state index contributed by atoms with van der Waals surface area (Å²) < 4.78 is 9.89. The number of hydrogen-bond acceptors (Lipinski definition) is 4. The fraction of sp³-hybridized carbons (Fsp3) is 0.667. The molecule has 1 heterocycles. The minimum atomic E-state index is -0.672. The molecule has 0 aromatic rings. The molecule has 5 heteroatoms. The highest BCUT2D eigenvalue weighted by atomic mass is 16.5. The van der Waals surface area contributed by atoms with E-state index in [4.69, 9.17) is 4.74 Å². The summed E-state index contributed by atoms with van der Waals surface area (Å²) in [7, 11) is 1.30. The van der Waals surface area contributed by atoms with Crippen molar-refractivity contribution in [1.82, 2.24) is 5.32 Å². The van der Waals surface area contributed by atoms with E-state index in [1.807, 2.05) is 0 Å².